The van der Waals surface area contributed by atoms with E-state index in [0.29, 0.717) is 12.0 Å². The quantitative estimate of drug-likeness (QED) is 0.721. The van der Waals surface area contributed by atoms with Gasteiger partial charge in [-0.15, -0.1) is 0 Å². The monoisotopic (exact) mass is 280 g/mol. The van der Waals surface area contributed by atoms with E-state index in [2.05, 4.69) is 23.6 Å². The van der Waals surface area contributed by atoms with Gasteiger partial charge in [-0.3, -0.25) is 9.69 Å². The normalized spacial score (nSPS) is 24.9. The Labute approximate surface area is 122 Å². The number of rotatable bonds is 5. The molecule has 0 radical (unpaired) electrons. The van der Waals surface area contributed by atoms with Crippen molar-refractivity contribution in [1.29, 1.82) is 0 Å². The zero-order valence-electron chi connectivity index (χ0n) is 12.9. The third-order valence-electron chi connectivity index (χ3n) is 4.13. The van der Waals surface area contributed by atoms with E-state index in [9.17, 15) is 4.79 Å². The molecule has 0 aromatic carbocycles. The van der Waals surface area contributed by atoms with E-state index in [1.165, 1.54) is 6.42 Å². The summed E-state index contributed by atoms with van der Waals surface area (Å²) in [5, 5.41) is 0. The fourth-order valence-corrected chi connectivity index (χ4v) is 3.10. The van der Waals surface area contributed by atoms with Crippen molar-refractivity contribution < 1.29 is 9.53 Å². The van der Waals surface area contributed by atoms with Gasteiger partial charge in [-0.1, -0.05) is 19.9 Å². The molecule has 2 heterocycles. The van der Waals surface area contributed by atoms with Gasteiger partial charge >= 0.3 is 0 Å². The Hall–Kier alpha value is -0.870. The smallest absolute Gasteiger partial charge is 0.246 e. The maximum Gasteiger partial charge on any atom is 0.246 e. The average molecular weight is 280 g/mol. The lowest BCUT2D eigenvalue weighted by atomic mass is 10.0. The number of amides is 1. The Morgan fingerprint density at radius 1 is 1.30 bits per heavy atom. The average Bonchev–Trinajstić information content (AvgIpc) is 2.87. The summed E-state index contributed by atoms with van der Waals surface area (Å²) in [6, 6.07) is 0.454. The summed E-state index contributed by atoms with van der Waals surface area (Å²) in [6.45, 7) is 9.81. The number of hydrogen-bond donors (Lipinski definition) is 0. The Kier molecular flexibility index (Phi) is 6.05. The van der Waals surface area contributed by atoms with Crippen molar-refractivity contribution in [3.8, 4) is 0 Å². The number of hydrogen-bond acceptors (Lipinski definition) is 3. The molecule has 2 saturated heterocycles. The summed E-state index contributed by atoms with van der Waals surface area (Å²) < 4.78 is 5.32. The molecule has 2 rings (SSSR count). The molecule has 4 heteroatoms. The number of morpholine rings is 1. The van der Waals surface area contributed by atoms with Gasteiger partial charge in [0.15, 0.2) is 0 Å². The van der Waals surface area contributed by atoms with Crippen LogP contribution in [0.1, 0.15) is 33.1 Å². The molecular weight excluding hydrogens is 252 g/mol. The van der Waals surface area contributed by atoms with Crippen molar-refractivity contribution in [2.45, 2.75) is 39.2 Å². The lowest BCUT2D eigenvalue weighted by Crippen LogP contribution is -2.37. The second-order valence-corrected chi connectivity index (χ2v) is 6.27. The fraction of sp³-hybridized carbons (Fsp3) is 0.812. The molecule has 0 unspecified atom stereocenters. The first-order valence-electron chi connectivity index (χ1n) is 7.94. The predicted molar refractivity (Wildman–Crippen MR) is 80.6 cm³/mol. The van der Waals surface area contributed by atoms with Gasteiger partial charge in [0, 0.05) is 38.3 Å². The predicted octanol–water partition coefficient (Wildman–Crippen LogP) is 1.91. The SMILES string of the molecule is CC(C)C[C@@H]1CCCN1C(=O)/C=C/CN1CCOCC1. The second-order valence-electron chi connectivity index (χ2n) is 6.27. The minimum Gasteiger partial charge on any atom is -0.379 e. The van der Waals surface area contributed by atoms with Gasteiger partial charge in [0.05, 0.1) is 13.2 Å². The lowest BCUT2D eigenvalue weighted by Gasteiger charge is -2.26. The van der Waals surface area contributed by atoms with Crippen molar-refractivity contribution >= 4 is 5.91 Å². The molecule has 2 fully saturated rings. The molecular formula is C16H28N2O2. The third-order valence-corrected chi connectivity index (χ3v) is 4.13. The van der Waals surface area contributed by atoms with E-state index in [1.807, 2.05) is 6.08 Å². The van der Waals surface area contributed by atoms with Crippen molar-refractivity contribution in [1.82, 2.24) is 9.80 Å². The number of ether oxygens (including phenoxy) is 1. The van der Waals surface area contributed by atoms with E-state index >= 15 is 0 Å². The van der Waals surface area contributed by atoms with E-state index in [1.54, 1.807) is 6.08 Å². The van der Waals surface area contributed by atoms with Crippen LogP contribution in [0.15, 0.2) is 12.2 Å². The zero-order valence-corrected chi connectivity index (χ0v) is 12.9. The number of carbonyl (C=O) groups excluding carboxylic acids is 1. The lowest BCUT2D eigenvalue weighted by molar-refractivity contribution is -0.127. The molecule has 0 aliphatic carbocycles. The van der Waals surface area contributed by atoms with Gasteiger partial charge in [0.2, 0.25) is 5.91 Å². The molecule has 0 N–H and O–H groups in total. The van der Waals surface area contributed by atoms with Crippen molar-refractivity contribution in [2.24, 2.45) is 5.92 Å². The van der Waals surface area contributed by atoms with Crippen LogP contribution in [-0.4, -0.2) is 61.1 Å². The molecule has 0 spiro atoms. The van der Waals surface area contributed by atoms with Gasteiger partial charge in [0.1, 0.15) is 0 Å². The van der Waals surface area contributed by atoms with Gasteiger partial charge in [-0.05, 0) is 25.2 Å². The minimum atomic E-state index is 0.196. The number of likely N-dealkylation sites (tertiary alicyclic amines) is 1. The maximum absolute atomic E-state index is 12.3. The van der Waals surface area contributed by atoms with Crippen LogP contribution in [0, 0.1) is 5.92 Å². The summed E-state index contributed by atoms with van der Waals surface area (Å²) >= 11 is 0. The first-order chi connectivity index (χ1) is 9.66. The van der Waals surface area contributed by atoms with Gasteiger partial charge in [-0.25, -0.2) is 0 Å². The molecule has 114 valence electrons. The third kappa shape index (κ3) is 4.60. The molecule has 0 bridgehead atoms. The maximum atomic E-state index is 12.3. The van der Waals surface area contributed by atoms with Crippen LogP contribution in [0.2, 0.25) is 0 Å². The van der Waals surface area contributed by atoms with E-state index in [0.717, 1.165) is 52.2 Å². The fourth-order valence-electron chi connectivity index (χ4n) is 3.10. The zero-order chi connectivity index (χ0) is 14.4. The van der Waals surface area contributed by atoms with Crippen LogP contribution in [0.5, 0.6) is 0 Å². The Morgan fingerprint density at radius 2 is 2.05 bits per heavy atom. The highest BCUT2D eigenvalue weighted by Gasteiger charge is 2.27. The van der Waals surface area contributed by atoms with Crippen LogP contribution in [0.3, 0.4) is 0 Å². The van der Waals surface area contributed by atoms with Crippen molar-refractivity contribution in [3.05, 3.63) is 12.2 Å². The van der Waals surface area contributed by atoms with Gasteiger partial charge < -0.3 is 9.64 Å². The first kappa shape index (κ1) is 15.5. The number of nitrogens with zero attached hydrogens (tertiary/aromatic N) is 2. The summed E-state index contributed by atoms with van der Waals surface area (Å²) in [7, 11) is 0. The highest BCUT2D eigenvalue weighted by molar-refractivity contribution is 5.88. The Balaban J connectivity index is 1.77. The molecule has 2 aliphatic rings. The van der Waals surface area contributed by atoms with Crippen LogP contribution in [-0.2, 0) is 9.53 Å². The Bertz CT molecular complexity index is 335. The van der Waals surface area contributed by atoms with Crippen LogP contribution in [0.25, 0.3) is 0 Å². The Morgan fingerprint density at radius 3 is 2.75 bits per heavy atom. The highest BCUT2D eigenvalue weighted by atomic mass is 16.5. The summed E-state index contributed by atoms with van der Waals surface area (Å²) in [5.41, 5.74) is 0. The van der Waals surface area contributed by atoms with Crippen LogP contribution in [0.4, 0.5) is 0 Å². The summed E-state index contributed by atoms with van der Waals surface area (Å²) in [6.07, 6.45) is 7.23. The van der Waals surface area contributed by atoms with Crippen molar-refractivity contribution in [2.75, 3.05) is 39.4 Å². The molecule has 0 aromatic heterocycles. The van der Waals surface area contributed by atoms with E-state index < -0.39 is 0 Å². The number of carbonyl (C=O) groups is 1. The van der Waals surface area contributed by atoms with E-state index in [4.69, 9.17) is 4.74 Å². The van der Waals surface area contributed by atoms with Gasteiger partial charge in [0.25, 0.3) is 0 Å². The van der Waals surface area contributed by atoms with Crippen molar-refractivity contribution in [3.63, 3.8) is 0 Å². The standard InChI is InChI=1S/C16H28N2O2/c1-14(2)13-15-5-3-8-18(15)16(19)6-4-7-17-9-11-20-12-10-17/h4,6,14-15H,3,5,7-13H2,1-2H3/b6-4+/t15-/m0/s1. The molecule has 4 nitrogen and oxygen atoms in total. The molecule has 0 aromatic rings. The van der Waals surface area contributed by atoms with E-state index in [-0.39, 0.29) is 5.91 Å². The summed E-state index contributed by atoms with van der Waals surface area (Å²) in [4.78, 5) is 16.7. The first-order valence-corrected chi connectivity index (χ1v) is 7.94. The topological polar surface area (TPSA) is 32.8 Å². The highest BCUT2D eigenvalue weighted by Crippen LogP contribution is 2.23. The largest absolute Gasteiger partial charge is 0.379 e. The van der Waals surface area contributed by atoms with Crippen LogP contribution >= 0.6 is 0 Å². The van der Waals surface area contributed by atoms with Gasteiger partial charge in [-0.2, -0.15) is 0 Å². The van der Waals surface area contributed by atoms with Crippen LogP contribution < -0.4 is 0 Å². The second kappa shape index (κ2) is 7.79. The molecule has 1 amide bonds. The molecule has 20 heavy (non-hydrogen) atoms. The molecule has 0 saturated carbocycles. The summed E-state index contributed by atoms with van der Waals surface area (Å²) in [5.74, 6) is 0.854. The molecule has 2 aliphatic heterocycles. The minimum absolute atomic E-state index is 0.196. The molecule has 1 atom stereocenters.